The molecule has 0 aromatic heterocycles. The van der Waals surface area contributed by atoms with Gasteiger partial charge in [-0.25, -0.2) is 4.79 Å². The highest BCUT2D eigenvalue weighted by molar-refractivity contribution is 6.30. The second-order valence-corrected chi connectivity index (χ2v) is 7.03. The zero-order valence-corrected chi connectivity index (χ0v) is 17.4. The highest BCUT2D eigenvalue weighted by Gasteiger charge is 2.25. The number of carboxylic acids is 1. The molecular formula is C23H23ClO5. The molecule has 0 saturated heterocycles. The lowest BCUT2D eigenvalue weighted by molar-refractivity contribution is -0.131. The molecule has 0 amide bonds. The van der Waals surface area contributed by atoms with E-state index in [1.54, 1.807) is 30.4 Å². The summed E-state index contributed by atoms with van der Waals surface area (Å²) < 4.78 is 10.8. The SMILES string of the molecule is C=C(C)CCc1c(OC)cc(/C=C/c2ccc(Cl)cc2)c(C(=O)O)c1OC(C)=O. The Kier molecular flexibility index (Phi) is 7.62. The van der Waals surface area contributed by atoms with Crippen LogP contribution in [-0.2, 0) is 11.2 Å². The van der Waals surface area contributed by atoms with Crippen LogP contribution in [0.1, 0.15) is 47.3 Å². The molecule has 0 heterocycles. The fourth-order valence-corrected chi connectivity index (χ4v) is 2.95. The van der Waals surface area contributed by atoms with Crippen LogP contribution in [0.2, 0.25) is 5.02 Å². The molecule has 0 aliphatic heterocycles. The molecule has 0 radical (unpaired) electrons. The number of methoxy groups -OCH3 is 1. The van der Waals surface area contributed by atoms with Crippen molar-refractivity contribution in [2.24, 2.45) is 0 Å². The maximum Gasteiger partial charge on any atom is 0.340 e. The molecule has 1 N–H and O–H groups in total. The molecule has 0 atom stereocenters. The Morgan fingerprint density at radius 1 is 1.17 bits per heavy atom. The summed E-state index contributed by atoms with van der Waals surface area (Å²) in [6, 6.07) is 8.74. The summed E-state index contributed by atoms with van der Waals surface area (Å²) >= 11 is 5.90. The van der Waals surface area contributed by atoms with Gasteiger partial charge >= 0.3 is 11.9 Å². The van der Waals surface area contributed by atoms with Crippen molar-refractivity contribution in [2.75, 3.05) is 7.11 Å². The van der Waals surface area contributed by atoms with Gasteiger partial charge in [-0.15, -0.1) is 6.58 Å². The zero-order valence-electron chi connectivity index (χ0n) is 16.6. The van der Waals surface area contributed by atoms with Crippen LogP contribution in [0.15, 0.2) is 42.5 Å². The molecule has 29 heavy (non-hydrogen) atoms. The topological polar surface area (TPSA) is 72.8 Å². The van der Waals surface area contributed by atoms with Crippen LogP contribution >= 0.6 is 11.6 Å². The summed E-state index contributed by atoms with van der Waals surface area (Å²) in [7, 11) is 1.49. The first-order valence-corrected chi connectivity index (χ1v) is 9.34. The summed E-state index contributed by atoms with van der Waals surface area (Å²) in [5.41, 5.74) is 2.55. The summed E-state index contributed by atoms with van der Waals surface area (Å²) in [6.07, 6.45) is 4.43. The minimum atomic E-state index is -1.20. The van der Waals surface area contributed by atoms with Crippen LogP contribution in [0, 0.1) is 0 Å². The van der Waals surface area contributed by atoms with E-state index in [0.717, 1.165) is 11.1 Å². The quantitative estimate of drug-likeness (QED) is 0.261. The molecule has 0 spiro atoms. The number of carboxylic acid groups (broad SMARTS) is 1. The van der Waals surface area contributed by atoms with Gasteiger partial charge in [-0.1, -0.05) is 41.5 Å². The monoisotopic (exact) mass is 414 g/mol. The van der Waals surface area contributed by atoms with Crippen molar-refractivity contribution in [3.8, 4) is 11.5 Å². The van der Waals surface area contributed by atoms with Crippen LogP contribution in [0.3, 0.4) is 0 Å². The number of hydrogen-bond acceptors (Lipinski definition) is 4. The van der Waals surface area contributed by atoms with Gasteiger partial charge in [0.25, 0.3) is 0 Å². The van der Waals surface area contributed by atoms with Crippen molar-refractivity contribution in [1.82, 2.24) is 0 Å². The Morgan fingerprint density at radius 2 is 1.83 bits per heavy atom. The molecule has 0 saturated carbocycles. The van der Waals surface area contributed by atoms with E-state index in [-0.39, 0.29) is 11.3 Å². The Balaban J connectivity index is 2.65. The first-order chi connectivity index (χ1) is 13.7. The minimum absolute atomic E-state index is 0.00126. The fraction of sp³-hybridized carbons (Fsp3) is 0.217. The van der Waals surface area contributed by atoms with Crippen molar-refractivity contribution in [2.45, 2.75) is 26.7 Å². The number of halogens is 1. The summed E-state index contributed by atoms with van der Waals surface area (Å²) in [6.45, 7) is 6.98. The second-order valence-electron chi connectivity index (χ2n) is 6.59. The average molecular weight is 415 g/mol. The molecule has 0 bridgehead atoms. The van der Waals surface area contributed by atoms with E-state index < -0.39 is 11.9 Å². The maximum absolute atomic E-state index is 12.1. The molecule has 5 nitrogen and oxygen atoms in total. The van der Waals surface area contributed by atoms with Crippen molar-refractivity contribution in [3.05, 3.63) is 69.8 Å². The summed E-state index contributed by atoms with van der Waals surface area (Å²) in [5, 5.41) is 10.5. The van der Waals surface area contributed by atoms with E-state index in [9.17, 15) is 14.7 Å². The van der Waals surface area contributed by atoms with Crippen LogP contribution < -0.4 is 9.47 Å². The van der Waals surface area contributed by atoms with E-state index in [4.69, 9.17) is 21.1 Å². The molecule has 6 heteroatoms. The van der Waals surface area contributed by atoms with Crippen LogP contribution in [0.25, 0.3) is 12.2 Å². The van der Waals surface area contributed by atoms with Gasteiger partial charge in [0.1, 0.15) is 11.3 Å². The van der Waals surface area contributed by atoms with E-state index in [2.05, 4.69) is 6.58 Å². The molecule has 2 aromatic carbocycles. The molecule has 152 valence electrons. The zero-order chi connectivity index (χ0) is 21.6. The van der Waals surface area contributed by atoms with Crippen molar-refractivity contribution in [1.29, 1.82) is 0 Å². The Hall–Kier alpha value is -3.05. The largest absolute Gasteiger partial charge is 0.496 e. The standard InChI is InChI=1S/C23H23ClO5/c1-14(2)5-12-19-20(28-4)13-17(9-6-16-7-10-18(24)11-8-16)21(23(26)27)22(19)29-15(3)25/h6-11,13H,1,5,12H2,2-4H3,(H,26,27)/b9-6+. The number of benzene rings is 2. The van der Waals surface area contributed by atoms with Gasteiger partial charge in [-0.05, 0) is 49.1 Å². The van der Waals surface area contributed by atoms with Gasteiger partial charge in [-0.2, -0.15) is 0 Å². The van der Waals surface area contributed by atoms with Gasteiger partial charge in [0.05, 0.1) is 7.11 Å². The van der Waals surface area contributed by atoms with Crippen molar-refractivity contribution in [3.63, 3.8) is 0 Å². The van der Waals surface area contributed by atoms with Crippen molar-refractivity contribution < 1.29 is 24.2 Å². The number of allylic oxidation sites excluding steroid dienone is 1. The third kappa shape index (κ3) is 5.96. The Morgan fingerprint density at radius 3 is 2.34 bits per heavy atom. The molecular weight excluding hydrogens is 392 g/mol. The van der Waals surface area contributed by atoms with Gasteiger partial charge < -0.3 is 14.6 Å². The lowest BCUT2D eigenvalue weighted by Gasteiger charge is -2.18. The molecule has 0 unspecified atom stereocenters. The maximum atomic E-state index is 12.1. The second kappa shape index (κ2) is 9.94. The van der Waals surface area contributed by atoms with Gasteiger partial charge in [0.15, 0.2) is 5.75 Å². The van der Waals surface area contributed by atoms with Crippen LogP contribution in [0.5, 0.6) is 11.5 Å². The van der Waals surface area contributed by atoms with E-state index in [1.807, 2.05) is 19.1 Å². The van der Waals surface area contributed by atoms with Crippen molar-refractivity contribution >= 4 is 35.7 Å². The molecule has 2 rings (SSSR count). The number of aromatic carboxylic acids is 1. The fourth-order valence-electron chi connectivity index (χ4n) is 2.82. The Bertz CT molecular complexity index is 958. The van der Waals surface area contributed by atoms with Crippen LogP contribution in [-0.4, -0.2) is 24.2 Å². The van der Waals surface area contributed by atoms with E-state index in [1.165, 1.54) is 14.0 Å². The Labute approximate surface area is 175 Å². The molecule has 0 fully saturated rings. The van der Waals surface area contributed by atoms with Gasteiger partial charge in [-0.3, -0.25) is 4.79 Å². The molecule has 0 aliphatic rings. The third-order valence-electron chi connectivity index (χ3n) is 4.18. The highest BCUT2D eigenvalue weighted by Crippen LogP contribution is 2.38. The third-order valence-corrected chi connectivity index (χ3v) is 4.43. The normalized spacial score (nSPS) is 10.8. The van der Waals surface area contributed by atoms with Gasteiger partial charge in [0.2, 0.25) is 0 Å². The lowest BCUT2D eigenvalue weighted by atomic mass is 9.96. The van der Waals surface area contributed by atoms with Gasteiger partial charge in [0, 0.05) is 17.5 Å². The molecule has 0 aliphatic carbocycles. The number of ether oxygens (including phenoxy) is 2. The minimum Gasteiger partial charge on any atom is -0.496 e. The average Bonchev–Trinajstić information content (AvgIpc) is 2.65. The number of rotatable bonds is 8. The molecule has 2 aromatic rings. The predicted molar refractivity (Wildman–Crippen MR) is 115 cm³/mol. The number of carbonyl (C=O) groups excluding carboxylic acids is 1. The lowest BCUT2D eigenvalue weighted by Crippen LogP contribution is -2.13. The predicted octanol–water partition coefficient (Wildman–Crippen LogP) is 5.65. The number of esters is 1. The van der Waals surface area contributed by atoms with Crippen LogP contribution in [0.4, 0.5) is 0 Å². The number of carbonyl (C=O) groups is 2. The summed E-state index contributed by atoms with van der Waals surface area (Å²) in [4.78, 5) is 23.8. The smallest absolute Gasteiger partial charge is 0.340 e. The first kappa shape index (κ1) is 22.2. The van der Waals surface area contributed by atoms with E-state index in [0.29, 0.717) is 34.7 Å². The summed E-state index contributed by atoms with van der Waals surface area (Å²) in [5.74, 6) is -1.36. The first-order valence-electron chi connectivity index (χ1n) is 8.96. The highest BCUT2D eigenvalue weighted by atomic mass is 35.5. The van der Waals surface area contributed by atoms with E-state index >= 15 is 0 Å². The number of hydrogen-bond donors (Lipinski definition) is 1.